The van der Waals surface area contributed by atoms with E-state index < -0.39 is 16.1 Å². The number of para-hydroxylation sites is 1. The predicted octanol–water partition coefficient (Wildman–Crippen LogP) is 3.75. The first kappa shape index (κ1) is 26.7. The van der Waals surface area contributed by atoms with Gasteiger partial charge < -0.3 is 10.2 Å². The smallest absolute Gasteiger partial charge is 0.244 e. The molecule has 1 N–H and O–H groups in total. The number of sulfonamides is 1. The van der Waals surface area contributed by atoms with E-state index in [2.05, 4.69) is 5.32 Å². The highest BCUT2D eigenvalue weighted by Crippen LogP contribution is 2.20. The van der Waals surface area contributed by atoms with Gasteiger partial charge in [0, 0.05) is 12.6 Å². The fraction of sp³-hybridized carbons (Fsp3) is 0.481. The fourth-order valence-electron chi connectivity index (χ4n) is 4.65. The minimum atomic E-state index is -3.70. The third-order valence-electron chi connectivity index (χ3n) is 6.55. The average molecular weight is 500 g/mol. The number of rotatable bonds is 11. The van der Waals surface area contributed by atoms with Crippen LogP contribution in [-0.4, -0.2) is 56.6 Å². The van der Waals surface area contributed by atoms with Crippen molar-refractivity contribution in [1.29, 1.82) is 0 Å². The minimum absolute atomic E-state index is 0.133. The Hall–Kier alpha value is -2.87. The molecule has 0 bridgehead atoms. The first-order valence-electron chi connectivity index (χ1n) is 12.5. The summed E-state index contributed by atoms with van der Waals surface area (Å²) in [6.45, 7) is 1.86. The maximum atomic E-state index is 13.6. The molecular formula is C27H37N3O4S. The van der Waals surface area contributed by atoms with E-state index >= 15 is 0 Å². The van der Waals surface area contributed by atoms with Crippen molar-refractivity contribution in [3.63, 3.8) is 0 Å². The van der Waals surface area contributed by atoms with Crippen LogP contribution >= 0.6 is 0 Å². The van der Waals surface area contributed by atoms with Crippen LogP contribution in [0.25, 0.3) is 0 Å². The molecule has 2 aromatic rings. The van der Waals surface area contributed by atoms with Crippen LogP contribution in [0.2, 0.25) is 0 Å². The Labute approximate surface area is 209 Å². The van der Waals surface area contributed by atoms with E-state index in [0.29, 0.717) is 25.1 Å². The van der Waals surface area contributed by atoms with Gasteiger partial charge in [0.1, 0.15) is 12.6 Å². The van der Waals surface area contributed by atoms with E-state index in [4.69, 9.17) is 0 Å². The van der Waals surface area contributed by atoms with E-state index in [1.807, 2.05) is 37.3 Å². The molecule has 190 valence electrons. The Bertz CT molecular complexity index is 1050. The molecule has 8 heteroatoms. The van der Waals surface area contributed by atoms with Crippen molar-refractivity contribution >= 4 is 27.5 Å². The zero-order valence-electron chi connectivity index (χ0n) is 20.7. The van der Waals surface area contributed by atoms with Gasteiger partial charge >= 0.3 is 0 Å². The van der Waals surface area contributed by atoms with Crippen molar-refractivity contribution in [3.8, 4) is 0 Å². The Morgan fingerprint density at radius 3 is 2.14 bits per heavy atom. The number of nitrogens with one attached hydrogen (secondary N) is 1. The van der Waals surface area contributed by atoms with Crippen molar-refractivity contribution in [2.24, 2.45) is 0 Å². The van der Waals surface area contributed by atoms with Crippen LogP contribution in [0.15, 0.2) is 60.7 Å². The normalized spacial score (nSPS) is 15.3. The number of amides is 2. The number of carbonyl (C=O) groups is 2. The molecule has 2 amide bonds. The predicted molar refractivity (Wildman–Crippen MR) is 140 cm³/mol. The second-order valence-corrected chi connectivity index (χ2v) is 11.1. The summed E-state index contributed by atoms with van der Waals surface area (Å²) in [4.78, 5) is 28.5. The van der Waals surface area contributed by atoms with Gasteiger partial charge in [-0.15, -0.1) is 0 Å². The van der Waals surface area contributed by atoms with Gasteiger partial charge in [-0.25, -0.2) is 8.42 Å². The Morgan fingerprint density at radius 1 is 0.971 bits per heavy atom. The summed E-state index contributed by atoms with van der Waals surface area (Å²) in [5.74, 6) is -0.549. The zero-order valence-corrected chi connectivity index (χ0v) is 21.5. The molecule has 35 heavy (non-hydrogen) atoms. The van der Waals surface area contributed by atoms with Gasteiger partial charge in [0.15, 0.2) is 0 Å². The van der Waals surface area contributed by atoms with Crippen LogP contribution in [0.5, 0.6) is 0 Å². The molecule has 0 aromatic heterocycles. The van der Waals surface area contributed by atoms with Gasteiger partial charge in [-0.2, -0.15) is 0 Å². The van der Waals surface area contributed by atoms with Gasteiger partial charge in [-0.1, -0.05) is 74.7 Å². The number of nitrogens with zero attached hydrogens (tertiary/aromatic N) is 2. The lowest BCUT2D eigenvalue weighted by Gasteiger charge is -2.34. The standard InChI is InChI=1S/C27H37N3O4S/c1-3-25(27(32)28-23-15-9-5-10-16-23)29(20-19-22-13-7-4-8-14-22)26(31)21-30(35(2,33)34)24-17-11-6-12-18-24/h4,6-8,11-14,17-18,23,25H,3,5,9-10,15-16,19-21H2,1-2H3,(H,28,32)/t25-/m1/s1. The molecule has 0 aliphatic heterocycles. The molecule has 0 unspecified atom stereocenters. The highest BCUT2D eigenvalue weighted by Gasteiger charge is 2.32. The Balaban J connectivity index is 1.83. The molecule has 0 saturated heterocycles. The van der Waals surface area contributed by atoms with Crippen LogP contribution in [0.1, 0.15) is 51.0 Å². The van der Waals surface area contributed by atoms with Crippen LogP contribution in [-0.2, 0) is 26.0 Å². The van der Waals surface area contributed by atoms with Crippen molar-refractivity contribution in [1.82, 2.24) is 10.2 Å². The monoisotopic (exact) mass is 499 g/mol. The molecule has 0 radical (unpaired) electrons. The summed E-state index contributed by atoms with van der Waals surface area (Å²) in [6, 6.07) is 17.8. The van der Waals surface area contributed by atoms with Crippen molar-refractivity contribution in [2.45, 2.75) is 64.0 Å². The molecular weight excluding hydrogens is 462 g/mol. The molecule has 1 saturated carbocycles. The van der Waals surface area contributed by atoms with E-state index in [1.54, 1.807) is 35.2 Å². The number of hydrogen-bond acceptors (Lipinski definition) is 4. The maximum absolute atomic E-state index is 13.6. The molecule has 0 heterocycles. The highest BCUT2D eigenvalue weighted by molar-refractivity contribution is 7.92. The number of carbonyl (C=O) groups excluding carboxylic acids is 2. The average Bonchev–Trinajstić information content (AvgIpc) is 2.86. The van der Waals surface area contributed by atoms with E-state index in [0.717, 1.165) is 41.8 Å². The lowest BCUT2D eigenvalue weighted by atomic mass is 9.95. The Morgan fingerprint density at radius 2 is 1.57 bits per heavy atom. The molecule has 7 nitrogen and oxygen atoms in total. The molecule has 1 atom stereocenters. The summed E-state index contributed by atoms with van der Waals surface area (Å²) in [5, 5.41) is 3.15. The van der Waals surface area contributed by atoms with Gasteiger partial charge in [0.2, 0.25) is 21.8 Å². The second-order valence-electron chi connectivity index (χ2n) is 9.20. The number of hydrogen-bond donors (Lipinski definition) is 1. The molecule has 1 aliphatic carbocycles. The van der Waals surface area contributed by atoms with Crippen LogP contribution in [0.4, 0.5) is 5.69 Å². The molecule has 0 spiro atoms. The van der Waals surface area contributed by atoms with Crippen molar-refractivity contribution in [2.75, 3.05) is 23.7 Å². The summed E-state index contributed by atoms with van der Waals surface area (Å²) >= 11 is 0. The SMILES string of the molecule is CC[C@H](C(=O)NC1CCCCC1)N(CCc1ccccc1)C(=O)CN(c1ccccc1)S(C)(=O)=O. The number of benzene rings is 2. The molecule has 3 rings (SSSR count). The second kappa shape index (κ2) is 12.7. The highest BCUT2D eigenvalue weighted by atomic mass is 32.2. The van der Waals surface area contributed by atoms with Crippen molar-refractivity contribution in [3.05, 3.63) is 66.2 Å². The maximum Gasteiger partial charge on any atom is 0.244 e. The third-order valence-corrected chi connectivity index (χ3v) is 7.69. The van der Waals surface area contributed by atoms with E-state index in [9.17, 15) is 18.0 Å². The quantitative estimate of drug-likeness (QED) is 0.510. The summed E-state index contributed by atoms with van der Waals surface area (Å²) < 4.78 is 26.3. The molecule has 1 aliphatic rings. The van der Waals surface area contributed by atoms with Crippen molar-refractivity contribution < 1.29 is 18.0 Å². The molecule has 1 fully saturated rings. The first-order valence-corrected chi connectivity index (χ1v) is 14.3. The first-order chi connectivity index (χ1) is 16.8. The van der Waals surface area contributed by atoms with Gasteiger partial charge in [-0.05, 0) is 43.4 Å². The Kier molecular flexibility index (Phi) is 9.72. The summed E-state index contributed by atoms with van der Waals surface area (Å²) in [5.41, 5.74) is 1.47. The van der Waals surface area contributed by atoms with Crippen LogP contribution in [0.3, 0.4) is 0 Å². The minimum Gasteiger partial charge on any atom is -0.352 e. The van der Waals surface area contributed by atoms with Gasteiger partial charge in [0.25, 0.3) is 0 Å². The topological polar surface area (TPSA) is 86.8 Å². The lowest BCUT2D eigenvalue weighted by Crippen LogP contribution is -2.54. The van der Waals surface area contributed by atoms with Crippen LogP contribution < -0.4 is 9.62 Å². The fourth-order valence-corrected chi connectivity index (χ4v) is 5.50. The van der Waals surface area contributed by atoms with Crippen LogP contribution in [0, 0.1) is 0 Å². The summed E-state index contributed by atoms with van der Waals surface area (Å²) in [6.07, 6.45) is 7.40. The van der Waals surface area contributed by atoms with Gasteiger partial charge in [0.05, 0.1) is 11.9 Å². The molecule has 2 aromatic carbocycles. The number of anilines is 1. The summed E-state index contributed by atoms with van der Waals surface area (Å²) in [7, 11) is -3.70. The van der Waals surface area contributed by atoms with Gasteiger partial charge in [-0.3, -0.25) is 13.9 Å². The lowest BCUT2D eigenvalue weighted by molar-refractivity contribution is -0.140. The largest absolute Gasteiger partial charge is 0.352 e. The third kappa shape index (κ3) is 7.82. The van der Waals surface area contributed by atoms with E-state index in [-0.39, 0.29) is 24.4 Å². The zero-order chi connectivity index (χ0) is 25.3. The van der Waals surface area contributed by atoms with E-state index in [1.165, 1.54) is 6.42 Å².